The number of benzene rings is 2. The van der Waals surface area contributed by atoms with E-state index in [1.165, 1.54) is 30.4 Å². The standard InChI is InChI=1S/C26H37NO/c1-22(2)25(27-20-10-5-11-21-27)26(28,18-16-23-12-6-3-7-13-23)19-17-24-14-8-4-9-15-24/h3-4,6-9,12-15,22,25,28H,5,10-11,16-21H2,1-2H3/t25-/m1/s1. The highest BCUT2D eigenvalue weighted by Gasteiger charge is 2.41. The first-order valence-electron chi connectivity index (χ1n) is 11.1. The van der Waals surface area contributed by atoms with Crippen LogP contribution in [-0.2, 0) is 12.8 Å². The number of hydrogen-bond acceptors (Lipinski definition) is 2. The topological polar surface area (TPSA) is 23.5 Å². The summed E-state index contributed by atoms with van der Waals surface area (Å²) in [5.74, 6) is 0.439. The Kier molecular flexibility index (Phi) is 7.70. The lowest BCUT2D eigenvalue weighted by molar-refractivity contribution is -0.0817. The van der Waals surface area contributed by atoms with Crippen LogP contribution in [0.2, 0.25) is 0 Å². The van der Waals surface area contributed by atoms with Gasteiger partial charge in [-0.2, -0.15) is 0 Å². The van der Waals surface area contributed by atoms with Gasteiger partial charge in [-0.3, -0.25) is 4.90 Å². The average Bonchev–Trinajstić information content (AvgIpc) is 2.73. The Labute approximate surface area is 171 Å². The van der Waals surface area contributed by atoms with Gasteiger partial charge in [-0.1, -0.05) is 80.9 Å². The normalized spacial score (nSPS) is 17.0. The highest BCUT2D eigenvalue weighted by atomic mass is 16.3. The number of piperidine rings is 1. The van der Waals surface area contributed by atoms with Crippen molar-refractivity contribution in [1.29, 1.82) is 0 Å². The summed E-state index contributed by atoms with van der Waals surface area (Å²) in [4.78, 5) is 2.59. The molecule has 0 saturated carbocycles. The molecule has 1 N–H and O–H groups in total. The molecule has 0 bridgehead atoms. The van der Waals surface area contributed by atoms with E-state index < -0.39 is 5.60 Å². The molecule has 0 aromatic heterocycles. The Morgan fingerprint density at radius 3 is 1.68 bits per heavy atom. The predicted octanol–water partition coefficient (Wildman–Crippen LogP) is 5.49. The van der Waals surface area contributed by atoms with Crippen molar-refractivity contribution in [3.8, 4) is 0 Å². The molecule has 3 rings (SSSR count). The largest absolute Gasteiger partial charge is 0.388 e. The molecule has 0 spiro atoms. The van der Waals surface area contributed by atoms with E-state index in [1.54, 1.807) is 0 Å². The molecule has 2 aromatic carbocycles. The van der Waals surface area contributed by atoms with Crippen LogP contribution in [-0.4, -0.2) is 34.7 Å². The van der Waals surface area contributed by atoms with Crippen LogP contribution in [0.25, 0.3) is 0 Å². The number of rotatable bonds is 9. The van der Waals surface area contributed by atoms with Gasteiger partial charge in [0, 0.05) is 6.04 Å². The van der Waals surface area contributed by atoms with E-state index in [2.05, 4.69) is 79.4 Å². The van der Waals surface area contributed by atoms with Crippen LogP contribution >= 0.6 is 0 Å². The Morgan fingerprint density at radius 2 is 1.25 bits per heavy atom. The Balaban J connectivity index is 1.79. The van der Waals surface area contributed by atoms with Crippen LogP contribution < -0.4 is 0 Å². The molecule has 2 heteroatoms. The van der Waals surface area contributed by atoms with Crippen LogP contribution in [0.3, 0.4) is 0 Å². The average molecular weight is 380 g/mol. The second-order valence-corrected chi connectivity index (χ2v) is 8.86. The van der Waals surface area contributed by atoms with Crippen molar-refractivity contribution in [3.63, 3.8) is 0 Å². The predicted molar refractivity (Wildman–Crippen MR) is 119 cm³/mol. The maximum atomic E-state index is 12.1. The smallest absolute Gasteiger partial charge is 0.0811 e. The van der Waals surface area contributed by atoms with Crippen LogP contribution in [0.15, 0.2) is 60.7 Å². The minimum absolute atomic E-state index is 0.222. The van der Waals surface area contributed by atoms with Gasteiger partial charge in [0.2, 0.25) is 0 Å². The molecule has 1 aliphatic rings. The van der Waals surface area contributed by atoms with Crippen molar-refractivity contribution in [2.75, 3.05) is 13.1 Å². The van der Waals surface area contributed by atoms with E-state index in [-0.39, 0.29) is 6.04 Å². The van der Waals surface area contributed by atoms with E-state index in [0.29, 0.717) is 5.92 Å². The number of aliphatic hydroxyl groups is 1. The minimum atomic E-state index is -0.669. The molecule has 1 saturated heterocycles. The Bertz CT molecular complexity index is 633. The lowest BCUT2D eigenvalue weighted by atomic mass is 9.76. The SMILES string of the molecule is CC(C)[C@@H](N1CCCCC1)C(O)(CCc1ccccc1)CCc1ccccc1. The molecule has 1 atom stereocenters. The first kappa shape index (κ1) is 21.1. The molecule has 1 fully saturated rings. The summed E-state index contributed by atoms with van der Waals surface area (Å²) in [6.07, 6.45) is 7.36. The summed E-state index contributed by atoms with van der Waals surface area (Å²) in [5.41, 5.74) is 1.97. The zero-order valence-electron chi connectivity index (χ0n) is 17.7. The third kappa shape index (κ3) is 5.68. The van der Waals surface area contributed by atoms with Crippen LogP contribution in [0.1, 0.15) is 57.1 Å². The van der Waals surface area contributed by atoms with E-state index in [1.807, 2.05) is 0 Å². The van der Waals surface area contributed by atoms with Crippen LogP contribution in [0, 0.1) is 5.92 Å². The van der Waals surface area contributed by atoms with E-state index in [9.17, 15) is 5.11 Å². The zero-order valence-corrected chi connectivity index (χ0v) is 17.7. The fourth-order valence-electron chi connectivity index (χ4n) is 5.01. The number of aryl methyl sites for hydroxylation is 2. The van der Waals surface area contributed by atoms with Gasteiger partial charge in [0.1, 0.15) is 0 Å². The summed E-state index contributed by atoms with van der Waals surface area (Å²) in [5, 5.41) is 12.1. The molecular formula is C26H37NO. The molecule has 1 heterocycles. The third-order valence-corrected chi connectivity index (χ3v) is 6.34. The van der Waals surface area contributed by atoms with Crippen molar-refractivity contribution in [1.82, 2.24) is 4.90 Å². The second kappa shape index (κ2) is 10.2. The summed E-state index contributed by atoms with van der Waals surface area (Å²) in [6, 6.07) is 21.5. The van der Waals surface area contributed by atoms with Crippen molar-refractivity contribution < 1.29 is 5.11 Å². The minimum Gasteiger partial charge on any atom is -0.388 e. The van der Waals surface area contributed by atoms with Gasteiger partial charge in [0.25, 0.3) is 0 Å². The maximum absolute atomic E-state index is 12.1. The molecule has 152 valence electrons. The molecule has 28 heavy (non-hydrogen) atoms. The first-order chi connectivity index (χ1) is 13.6. The molecule has 2 nitrogen and oxygen atoms in total. The highest BCUT2D eigenvalue weighted by molar-refractivity contribution is 5.17. The molecule has 0 radical (unpaired) electrons. The lowest BCUT2D eigenvalue weighted by Gasteiger charge is -2.47. The van der Waals surface area contributed by atoms with Crippen LogP contribution in [0.4, 0.5) is 0 Å². The molecule has 2 aromatic rings. The fourth-order valence-corrected chi connectivity index (χ4v) is 5.01. The quantitative estimate of drug-likeness (QED) is 0.622. The molecule has 0 unspecified atom stereocenters. The van der Waals surface area contributed by atoms with Crippen molar-refractivity contribution in [2.24, 2.45) is 5.92 Å². The second-order valence-electron chi connectivity index (χ2n) is 8.86. The Morgan fingerprint density at radius 1 is 0.786 bits per heavy atom. The van der Waals surface area contributed by atoms with Crippen molar-refractivity contribution >= 4 is 0 Å². The summed E-state index contributed by atoms with van der Waals surface area (Å²) < 4.78 is 0. The summed E-state index contributed by atoms with van der Waals surface area (Å²) in [7, 11) is 0. The monoisotopic (exact) mass is 379 g/mol. The van der Waals surface area contributed by atoms with Gasteiger partial charge in [-0.05, 0) is 68.7 Å². The number of likely N-dealkylation sites (tertiary alicyclic amines) is 1. The molecule has 0 aliphatic carbocycles. The van der Waals surface area contributed by atoms with Gasteiger partial charge in [-0.25, -0.2) is 0 Å². The van der Waals surface area contributed by atoms with Gasteiger partial charge in [0.15, 0.2) is 0 Å². The van der Waals surface area contributed by atoms with E-state index in [0.717, 1.165) is 38.8 Å². The number of nitrogens with zero attached hydrogens (tertiary/aromatic N) is 1. The van der Waals surface area contributed by atoms with Gasteiger partial charge >= 0.3 is 0 Å². The van der Waals surface area contributed by atoms with Crippen molar-refractivity contribution in [3.05, 3.63) is 71.8 Å². The zero-order chi connectivity index (χ0) is 19.8. The lowest BCUT2D eigenvalue weighted by Crippen LogP contribution is -2.57. The van der Waals surface area contributed by atoms with E-state index >= 15 is 0 Å². The highest BCUT2D eigenvalue weighted by Crippen LogP contribution is 2.34. The first-order valence-corrected chi connectivity index (χ1v) is 11.1. The van der Waals surface area contributed by atoms with Gasteiger partial charge in [0.05, 0.1) is 5.60 Å². The van der Waals surface area contributed by atoms with Gasteiger partial charge in [-0.15, -0.1) is 0 Å². The summed E-state index contributed by atoms with van der Waals surface area (Å²) >= 11 is 0. The molecular weight excluding hydrogens is 342 g/mol. The van der Waals surface area contributed by atoms with Gasteiger partial charge < -0.3 is 5.11 Å². The summed E-state index contributed by atoms with van der Waals surface area (Å²) in [6.45, 7) is 6.83. The molecule has 0 amide bonds. The van der Waals surface area contributed by atoms with Crippen molar-refractivity contribution in [2.45, 2.75) is 70.4 Å². The third-order valence-electron chi connectivity index (χ3n) is 6.34. The maximum Gasteiger partial charge on any atom is 0.0811 e. The number of hydrogen-bond donors (Lipinski definition) is 1. The molecule has 1 aliphatic heterocycles. The Hall–Kier alpha value is -1.64. The van der Waals surface area contributed by atoms with Crippen LogP contribution in [0.5, 0.6) is 0 Å². The fraction of sp³-hybridized carbons (Fsp3) is 0.538. The van der Waals surface area contributed by atoms with E-state index in [4.69, 9.17) is 0 Å².